The minimum absolute atomic E-state index is 0.0386. The number of rotatable bonds is 4. The van der Waals surface area contributed by atoms with Crippen LogP contribution in [0.4, 0.5) is 0 Å². The molecule has 0 aliphatic rings. The van der Waals surface area contributed by atoms with Crippen LogP contribution in [0.2, 0.25) is 0 Å². The van der Waals surface area contributed by atoms with E-state index < -0.39 is 5.97 Å². The zero-order valence-electron chi connectivity index (χ0n) is 11.4. The van der Waals surface area contributed by atoms with Gasteiger partial charge >= 0.3 is 5.97 Å². The Morgan fingerprint density at radius 2 is 1.76 bits per heavy atom. The molecule has 0 atom stereocenters. The zero-order chi connectivity index (χ0) is 15.2. The van der Waals surface area contributed by atoms with Gasteiger partial charge in [-0.05, 0) is 22.8 Å². The summed E-state index contributed by atoms with van der Waals surface area (Å²) < 4.78 is 0. The van der Waals surface area contributed by atoms with E-state index in [2.05, 4.69) is 0 Å². The Morgan fingerprint density at radius 3 is 2.38 bits per heavy atom. The third kappa shape index (κ3) is 4.07. The smallest absolute Gasteiger partial charge is 0.328 e. The summed E-state index contributed by atoms with van der Waals surface area (Å²) in [5.41, 5.74) is 2.63. The second-order valence-electron chi connectivity index (χ2n) is 4.36. The van der Waals surface area contributed by atoms with Gasteiger partial charge in [-0.15, -0.1) is 0 Å². The van der Waals surface area contributed by atoms with E-state index >= 15 is 0 Å². The van der Waals surface area contributed by atoms with Crippen molar-refractivity contribution in [2.45, 2.75) is 11.8 Å². The Kier molecular flexibility index (Phi) is 4.95. The van der Waals surface area contributed by atoms with Crippen LogP contribution in [0.3, 0.4) is 0 Å². The second kappa shape index (κ2) is 6.90. The molecule has 0 heterocycles. The SMILES string of the molecule is CC(=O)Sc1c(C=CC(=O)O)cccc1-c1ccccc1. The topological polar surface area (TPSA) is 54.4 Å². The van der Waals surface area contributed by atoms with Crippen molar-refractivity contribution in [1.29, 1.82) is 0 Å². The number of hydrogen-bond donors (Lipinski definition) is 1. The van der Waals surface area contributed by atoms with Gasteiger partial charge in [-0.3, -0.25) is 4.79 Å². The van der Waals surface area contributed by atoms with Gasteiger partial charge in [0, 0.05) is 17.9 Å². The molecule has 2 aromatic carbocycles. The highest BCUT2D eigenvalue weighted by molar-refractivity contribution is 8.13. The van der Waals surface area contributed by atoms with E-state index in [-0.39, 0.29) is 5.12 Å². The maximum absolute atomic E-state index is 11.5. The van der Waals surface area contributed by atoms with Crippen molar-refractivity contribution in [3.05, 3.63) is 60.2 Å². The van der Waals surface area contributed by atoms with E-state index in [4.69, 9.17) is 5.11 Å². The molecular weight excluding hydrogens is 284 g/mol. The molecule has 4 heteroatoms. The number of thioether (sulfide) groups is 1. The van der Waals surface area contributed by atoms with Crippen molar-refractivity contribution < 1.29 is 14.7 Å². The summed E-state index contributed by atoms with van der Waals surface area (Å²) in [7, 11) is 0. The molecule has 0 aliphatic carbocycles. The predicted octanol–water partition coefficient (Wildman–Crippen LogP) is 4.09. The molecule has 2 aromatic rings. The Balaban J connectivity index is 2.57. The predicted molar refractivity (Wildman–Crippen MR) is 85.1 cm³/mol. The molecule has 0 fully saturated rings. The molecule has 0 saturated carbocycles. The number of benzene rings is 2. The lowest BCUT2D eigenvalue weighted by atomic mass is 10.0. The molecule has 3 nitrogen and oxygen atoms in total. The van der Waals surface area contributed by atoms with Gasteiger partial charge in [-0.25, -0.2) is 4.79 Å². The molecule has 0 radical (unpaired) electrons. The number of carboxylic acids is 1. The quantitative estimate of drug-likeness (QED) is 0.682. The number of carboxylic acid groups (broad SMARTS) is 1. The zero-order valence-corrected chi connectivity index (χ0v) is 12.3. The number of carbonyl (C=O) groups is 2. The normalized spacial score (nSPS) is 10.7. The molecule has 106 valence electrons. The first-order valence-electron chi connectivity index (χ1n) is 6.36. The average Bonchev–Trinajstić information content (AvgIpc) is 2.46. The van der Waals surface area contributed by atoms with E-state index in [9.17, 15) is 9.59 Å². The highest BCUT2D eigenvalue weighted by atomic mass is 32.2. The van der Waals surface area contributed by atoms with E-state index in [1.165, 1.54) is 13.0 Å². The maximum atomic E-state index is 11.5. The van der Waals surface area contributed by atoms with Gasteiger partial charge in [0.1, 0.15) is 0 Å². The van der Waals surface area contributed by atoms with E-state index in [1.54, 1.807) is 6.07 Å². The molecule has 1 N–H and O–H groups in total. The van der Waals surface area contributed by atoms with Crippen LogP contribution in [0.25, 0.3) is 17.2 Å². The first-order valence-corrected chi connectivity index (χ1v) is 7.17. The monoisotopic (exact) mass is 298 g/mol. The van der Waals surface area contributed by atoms with Crippen LogP contribution in [-0.4, -0.2) is 16.2 Å². The first kappa shape index (κ1) is 15.1. The second-order valence-corrected chi connectivity index (χ2v) is 5.54. The molecule has 21 heavy (non-hydrogen) atoms. The standard InChI is InChI=1S/C17H14O3S/c1-12(18)21-17-14(10-11-16(19)20)8-5-9-15(17)13-6-3-2-4-7-13/h2-11H,1H3,(H,19,20). The van der Waals surface area contributed by atoms with Crippen molar-refractivity contribution in [2.75, 3.05) is 0 Å². The fraction of sp³-hybridized carbons (Fsp3) is 0.0588. The Morgan fingerprint density at radius 1 is 1.05 bits per heavy atom. The van der Waals surface area contributed by atoms with Crippen LogP contribution < -0.4 is 0 Å². The molecule has 0 aromatic heterocycles. The highest BCUT2D eigenvalue weighted by Crippen LogP contribution is 2.35. The van der Waals surface area contributed by atoms with Crippen molar-refractivity contribution in [3.63, 3.8) is 0 Å². The van der Waals surface area contributed by atoms with Crippen molar-refractivity contribution >= 4 is 28.9 Å². The van der Waals surface area contributed by atoms with Crippen LogP contribution in [-0.2, 0) is 9.59 Å². The third-order valence-corrected chi connectivity index (χ3v) is 3.73. The van der Waals surface area contributed by atoms with Crippen molar-refractivity contribution in [1.82, 2.24) is 0 Å². The Bertz CT molecular complexity index is 690. The summed E-state index contributed by atoms with van der Waals surface area (Å²) >= 11 is 1.12. The van der Waals surface area contributed by atoms with Gasteiger partial charge in [-0.2, -0.15) is 0 Å². The summed E-state index contributed by atoms with van der Waals surface area (Å²) in [4.78, 5) is 23.0. The van der Waals surface area contributed by atoms with Gasteiger partial charge < -0.3 is 5.11 Å². The van der Waals surface area contributed by atoms with Crippen molar-refractivity contribution in [2.24, 2.45) is 0 Å². The van der Waals surface area contributed by atoms with Gasteiger partial charge in [0.25, 0.3) is 0 Å². The first-order chi connectivity index (χ1) is 10.1. The molecule has 0 spiro atoms. The van der Waals surface area contributed by atoms with Gasteiger partial charge in [-0.1, -0.05) is 60.3 Å². The number of aliphatic carboxylic acids is 1. The van der Waals surface area contributed by atoms with Gasteiger partial charge in [0.15, 0.2) is 5.12 Å². The molecular formula is C17H14O3S. The number of hydrogen-bond acceptors (Lipinski definition) is 3. The third-order valence-electron chi connectivity index (χ3n) is 2.78. The summed E-state index contributed by atoms with van der Waals surface area (Å²) in [6, 6.07) is 15.3. The summed E-state index contributed by atoms with van der Waals surface area (Å²) in [6.45, 7) is 1.50. The van der Waals surface area contributed by atoms with E-state index in [0.29, 0.717) is 0 Å². The molecule has 0 unspecified atom stereocenters. The lowest BCUT2D eigenvalue weighted by Crippen LogP contribution is -1.92. The van der Waals surface area contributed by atoms with E-state index in [0.717, 1.165) is 39.4 Å². The van der Waals surface area contributed by atoms with Crippen LogP contribution in [0.5, 0.6) is 0 Å². The van der Waals surface area contributed by atoms with Crippen LogP contribution in [0.15, 0.2) is 59.5 Å². The van der Waals surface area contributed by atoms with Gasteiger partial charge in [0.2, 0.25) is 0 Å². The lowest BCUT2D eigenvalue weighted by Gasteiger charge is -2.11. The van der Waals surface area contributed by atoms with Crippen LogP contribution in [0.1, 0.15) is 12.5 Å². The van der Waals surface area contributed by atoms with Crippen molar-refractivity contribution in [3.8, 4) is 11.1 Å². The summed E-state index contributed by atoms with van der Waals surface area (Å²) in [5, 5.41) is 8.73. The summed E-state index contributed by atoms with van der Waals surface area (Å²) in [6.07, 6.45) is 2.59. The minimum Gasteiger partial charge on any atom is -0.478 e. The lowest BCUT2D eigenvalue weighted by molar-refractivity contribution is -0.131. The molecule has 0 amide bonds. The fourth-order valence-corrected chi connectivity index (χ4v) is 2.79. The Labute approximate surface area is 127 Å². The largest absolute Gasteiger partial charge is 0.478 e. The molecule has 0 bridgehead atoms. The average molecular weight is 298 g/mol. The van der Waals surface area contributed by atoms with Crippen LogP contribution in [0, 0.1) is 0 Å². The minimum atomic E-state index is -1.01. The van der Waals surface area contributed by atoms with Crippen LogP contribution >= 0.6 is 11.8 Å². The Hall–Kier alpha value is -2.33. The fourth-order valence-electron chi connectivity index (χ4n) is 1.95. The molecule has 0 saturated heterocycles. The summed E-state index contributed by atoms with van der Waals surface area (Å²) in [5.74, 6) is -1.01. The number of carbonyl (C=O) groups excluding carboxylic acids is 1. The van der Waals surface area contributed by atoms with E-state index in [1.807, 2.05) is 42.5 Å². The molecule has 2 rings (SSSR count). The molecule has 0 aliphatic heterocycles. The highest BCUT2D eigenvalue weighted by Gasteiger charge is 2.11. The van der Waals surface area contributed by atoms with Gasteiger partial charge in [0.05, 0.1) is 0 Å². The maximum Gasteiger partial charge on any atom is 0.328 e.